The number of carbonyl (C=O) groups is 1. The molecule has 0 aliphatic carbocycles. The third-order valence-corrected chi connectivity index (χ3v) is 7.42. The van der Waals surface area contributed by atoms with Gasteiger partial charge >= 0.3 is 0 Å². The third kappa shape index (κ3) is 4.25. The number of fused-ring (bicyclic) bond motifs is 1. The van der Waals surface area contributed by atoms with Crippen molar-refractivity contribution in [3.8, 4) is 22.4 Å². The summed E-state index contributed by atoms with van der Waals surface area (Å²) in [5.74, 6) is -1.12. The normalized spacial score (nSPS) is 18.4. The number of aromatic amines is 1. The Morgan fingerprint density at radius 3 is 2.78 bits per heavy atom. The maximum Gasteiger partial charge on any atom is 0.252 e. The van der Waals surface area contributed by atoms with Crippen LogP contribution >= 0.6 is 0 Å². The largest absolute Gasteiger partial charge is 0.378 e. The number of nitrogens with zero attached hydrogens (tertiary/aromatic N) is 4. The molecule has 1 amide bonds. The van der Waals surface area contributed by atoms with E-state index in [0.717, 1.165) is 72.3 Å². The molecule has 9 nitrogen and oxygen atoms in total. The van der Waals surface area contributed by atoms with E-state index in [4.69, 9.17) is 15.6 Å². The van der Waals surface area contributed by atoms with Gasteiger partial charge in [-0.2, -0.15) is 10.2 Å². The van der Waals surface area contributed by atoms with Gasteiger partial charge in [-0.15, -0.1) is 0 Å². The minimum absolute atomic E-state index is 0.153. The van der Waals surface area contributed by atoms with Crippen LogP contribution in [0.15, 0.2) is 36.7 Å². The van der Waals surface area contributed by atoms with Gasteiger partial charge in [0.15, 0.2) is 0 Å². The van der Waals surface area contributed by atoms with Gasteiger partial charge in [0.05, 0.1) is 42.2 Å². The smallest absolute Gasteiger partial charge is 0.252 e. The number of carbonyl (C=O) groups excluding carboxylic acids is 1. The predicted molar refractivity (Wildman–Crippen MR) is 140 cm³/mol. The number of nitrogens with one attached hydrogen (secondary N) is 2. The van der Waals surface area contributed by atoms with Crippen molar-refractivity contribution in [2.45, 2.75) is 25.8 Å². The Labute approximate surface area is 213 Å². The first-order valence-electron chi connectivity index (χ1n) is 12.7. The van der Waals surface area contributed by atoms with E-state index >= 15 is 4.39 Å². The summed E-state index contributed by atoms with van der Waals surface area (Å²) >= 11 is 0. The van der Waals surface area contributed by atoms with Crippen LogP contribution in [0.25, 0.3) is 33.3 Å². The van der Waals surface area contributed by atoms with E-state index < -0.39 is 11.7 Å². The highest BCUT2D eigenvalue weighted by molar-refractivity contribution is 6.00. The SMILES string of the molecule is Cc1cc(F)c(-c2n[nH]cc2C(N)=O)cc1-c1cc(N2CCOCC2)c2c(cnn2[C@H]2CCCNC2)c1. The van der Waals surface area contributed by atoms with Crippen molar-refractivity contribution in [3.63, 3.8) is 0 Å². The van der Waals surface area contributed by atoms with E-state index in [0.29, 0.717) is 19.3 Å². The van der Waals surface area contributed by atoms with Crippen LogP contribution in [0.3, 0.4) is 0 Å². The number of H-pyrrole nitrogens is 1. The molecule has 1 atom stereocenters. The first-order chi connectivity index (χ1) is 18.0. The minimum atomic E-state index is -0.661. The zero-order chi connectivity index (χ0) is 25.5. The van der Waals surface area contributed by atoms with E-state index in [1.165, 1.54) is 12.3 Å². The fourth-order valence-corrected chi connectivity index (χ4v) is 5.54. The second-order valence-electron chi connectivity index (χ2n) is 9.78. The first kappa shape index (κ1) is 23.6. The van der Waals surface area contributed by atoms with E-state index in [2.05, 4.69) is 37.2 Å². The zero-order valence-electron chi connectivity index (χ0n) is 20.8. The second kappa shape index (κ2) is 9.60. The summed E-state index contributed by atoms with van der Waals surface area (Å²) in [7, 11) is 0. The number of benzene rings is 2. The van der Waals surface area contributed by atoms with E-state index in [9.17, 15) is 4.79 Å². The molecule has 0 saturated carbocycles. The molecular weight excluding hydrogens is 473 g/mol. The highest BCUT2D eigenvalue weighted by atomic mass is 19.1. The summed E-state index contributed by atoms with van der Waals surface area (Å²) in [6.45, 7) is 6.73. The number of hydrogen-bond acceptors (Lipinski definition) is 6. The summed E-state index contributed by atoms with van der Waals surface area (Å²) < 4.78 is 22.9. The standard InChI is InChI=1S/C27H30FN7O2/c1-16-9-23(28)21(25-22(27(29)36)15-31-33-25)12-20(16)17-10-18-13-32-35(19-3-2-4-30-14-19)26(18)24(11-17)34-5-7-37-8-6-34/h9-13,15,19,30H,2-8,14H2,1H3,(H2,29,36)(H,31,33)/t19-/m0/s1. The third-order valence-electron chi connectivity index (χ3n) is 7.42. The summed E-state index contributed by atoms with van der Waals surface area (Å²) in [6, 6.07) is 7.82. The molecule has 4 heterocycles. The number of primary amides is 1. The summed E-state index contributed by atoms with van der Waals surface area (Å²) in [5, 5.41) is 16.1. The van der Waals surface area contributed by atoms with Crippen molar-refractivity contribution in [2.75, 3.05) is 44.3 Å². The van der Waals surface area contributed by atoms with Crippen molar-refractivity contribution < 1.29 is 13.9 Å². The Morgan fingerprint density at radius 1 is 1.19 bits per heavy atom. The number of anilines is 1. The van der Waals surface area contributed by atoms with Crippen molar-refractivity contribution in [3.05, 3.63) is 53.6 Å². The van der Waals surface area contributed by atoms with Gasteiger partial charge in [-0.25, -0.2) is 4.39 Å². The molecule has 2 aliphatic rings. The highest BCUT2D eigenvalue weighted by Gasteiger charge is 2.25. The van der Waals surface area contributed by atoms with E-state index in [1.54, 1.807) is 6.07 Å². The van der Waals surface area contributed by atoms with Crippen molar-refractivity contribution in [1.29, 1.82) is 0 Å². The average Bonchev–Trinajstić information content (AvgIpc) is 3.57. The minimum Gasteiger partial charge on any atom is -0.378 e. The second-order valence-corrected chi connectivity index (χ2v) is 9.78. The molecule has 0 bridgehead atoms. The van der Waals surface area contributed by atoms with Crippen LogP contribution in [-0.2, 0) is 4.74 Å². The number of amides is 1. The lowest BCUT2D eigenvalue weighted by molar-refractivity contribution is 0.100. The molecule has 2 saturated heterocycles. The summed E-state index contributed by atoms with van der Waals surface area (Å²) in [5.41, 5.74) is 10.9. The molecule has 2 aliphatic heterocycles. The molecule has 0 unspecified atom stereocenters. The number of aryl methyl sites for hydroxylation is 1. The molecule has 2 fully saturated rings. The number of ether oxygens (including phenoxy) is 1. The van der Waals surface area contributed by atoms with Crippen LogP contribution in [0.4, 0.5) is 10.1 Å². The fourth-order valence-electron chi connectivity index (χ4n) is 5.54. The average molecular weight is 504 g/mol. The lowest BCUT2D eigenvalue weighted by Crippen LogP contribution is -2.37. The maximum absolute atomic E-state index is 15.1. The first-order valence-corrected chi connectivity index (χ1v) is 12.7. The Morgan fingerprint density at radius 2 is 2.03 bits per heavy atom. The van der Waals surface area contributed by atoms with Gasteiger partial charge in [-0.3, -0.25) is 14.6 Å². The Kier molecular flexibility index (Phi) is 6.13. The molecule has 0 spiro atoms. The van der Waals surface area contributed by atoms with Gasteiger partial charge < -0.3 is 20.7 Å². The molecule has 37 heavy (non-hydrogen) atoms. The lowest BCUT2D eigenvalue weighted by atomic mass is 9.94. The molecule has 10 heteroatoms. The van der Waals surface area contributed by atoms with Crippen LogP contribution in [0.5, 0.6) is 0 Å². The topological polar surface area (TPSA) is 114 Å². The number of rotatable bonds is 5. The van der Waals surface area contributed by atoms with Crippen LogP contribution in [0.2, 0.25) is 0 Å². The number of halogens is 1. The van der Waals surface area contributed by atoms with Crippen LogP contribution < -0.4 is 16.0 Å². The van der Waals surface area contributed by atoms with Crippen LogP contribution in [0, 0.1) is 12.7 Å². The highest BCUT2D eigenvalue weighted by Crippen LogP contribution is 2.39. The van der Waals surface area contributed by atoms with Crippen LogP contribution in [-0.4, -0.2) is 65.3 Å². The predicted octanol–water partition coefficient (Wildman–Crippen LogP) is 3.40. The Balaban J connectivity index is 1.52. The lowest BCUT2D eigenvalue weighted by Gasteiger charge is -2.31. The number of hydrogen-bond donors (Lipinski definition) is 3. The maximum atomic E-state index is 15.1. The number of piperidine rings is 1. The van der Waals surface area contributed by atoms with Gasteiger partial charge in [-0.1, -0.05) is 0 Å². The molecule has 192 valence electrons. The number of aromatic nitrogens is 4. The molecule has 4 N–H and O–H groups in total. The molecule has 2 aromatic carbocycles. The summed E-state index contributed by atoms with van der Waals surface area (Å²) in [4.78, 5) is 14.2. The van der Waals surface area contributed by atoms with Crippen LogP contribution in [0.1, 0.15) is 34.8 Å². The quantitative estimate of drug-likeness (QED) is 0.385. The molecule has 0 radical (unpaired) electrons. The monoisotopic (exact) mass is 503 g/mol. The van der Waals surface area contributed by atoms with Gasteiger partial charge in [0, 0.05) is 36.8 Å². The molecular formula is C27H30FN7O2. The van der Waals surface area contributed by atoms with Crippen molar-refractivity contribution in [2.24, 2.45) is 5.73 Å². The molecule has 4 aromatic rings. The fraction of sp³-hybridized carbons (Fsp3) is 0.370. The molecule has 6 rings (SSSR count). The van der Waals surface area contributed by atoms with Gasteiger partial charge in [-0.05, 0) is 67.3 Å². The van der Waals surface area contributed by atoms with Gasteiger partial charge in [0.2, 0.25) is 0 Å². The number of morpholine rings is 1. The Hall–Kier alpha value is -3.76. The number of nitrogens with two attached hydrogens (primary N) is 1. The summed E-state index contributed by atoms with van der Waals surface area (Å²) in [6.07, 6.45) is 5.53. The van der Waals surface area contributed by atoms with Crippen molar-refractivity contribution >= 4 is 22.5 Å². The molecule has 2 aromatic heterocycles. The zero-order valence-corrected chi connectivity index (χ0v) is 20.8. The van der Waals surface area contributed by atoms with E-state index in [-0.39, 0.29) is 16.8 Å². The van der Waals surface area contributed by atoms with Crippen molar-refractivity contribution in [1.82, 2.24) is 25.3 Å². The van der Waals surface area contributed by atoms with Gasteiger partial charge in [0.25, 0.3) is 5.91 Å². The van der Waals surface area contributed by atoms with E-state index in [1.807, 2.05) is 13.1 Å². The van der Waals surface area contributed by atoms with Gasteiger partial charge in [0.1, 0.15) is 11.5 Å². The Bertz CT molecular complexity index is 1470.